The Labute approximate surface area is 137 Å². The highest BCUT2D eigenvalue weighted by Gasteiger charge is 2.12. The molecule has 2 aromatic carbocycles. The molecule has 0 aliphatic carbocycles. The van der Waals surface area contributed by atoms with Crippen molar-refractivity contribution in [3.8, 4) is 0 Å². The molecule has 0 atom stereocenters. The molecule has 22 heavy (non-hydrogen) atoms. The lowest BCUT2D eigenvalue weighted by Crippen LogP contribution is -2.15. The zero-order chi connectivity index (χ0) is 15.5. The predicted molar refractivity (Wildman–Crippen MR) is 90.5 cm³/mol. The molecule has 0 fully saturated rings. The maximum Gasteiger partial charge on any atom is 0.228 e. The minimum atomic E-state index is -0.187. The number of nitrogens with zero attached hydrogens (tertiary/aromatic N) is 1. The number of carbonyl (C=O) groups excluding carboxylic acids is 1. The highest BCUT2D eigenvalue weighted by molar-refractivity contribution is 6.36. The second-order valence-electron chi connectivity index (χ2n) is 4.81. The van der Waals surface area contributed by atoms with Gasteiger partial charge in [0.15, 0.2) is 0 Å². The van der Waals surface area contributed by atoms with Crippen molar-refractivity contribution in [2.45, 2.75) is 6.42 Å². The maximum absolute atomic E-state index is 12.3. The molecule has 0 aliphatic heterocycles. The first-order valence-corrected chi connectivity index (χ1v) is 7.47. The van der Waals surface area contributed by atoms with Gasteiger partial charge in [-0.3, -0.25) is 9.78 Å². The standard InChI is InChI=1S/C17H12Cl2N2O/c18-13-6-2-7-14(19)12(13)10-16(22)21-15-8-1-4-11-5-3-9-20-17(11)15/h1-9H,10H2,(H,21,22). The lowest BCUT2D eigenvalue weighted by molar-refractivity contribution is -0.115. The van der Waals surface area contributed by atoms with E-state index < -0.39 is 0 Å². The highest BCUT2D eigenvalue weighted by atomic mass is 35.5. The summed E-state index contributed by atoms with van der Waals surface area (Å²) < 4.78 is 0. The number of nitrogens with one attached hydrogen (secondary N) is 1. The summed E-state index contributed by atoms with van der Waals surface area (Å²) in [5, 5.41) is 4.81. The molecule has 3 aromatic rings. The molecule has 1 heterocycles. The fourth-order valence-corrected chi connectivity index (χ4v) is 2.79. The van der Waals surface area contributed by atoms with Crippen molar-refractivity contribution in [2.75, 3.05) is 5.32 Å². The minimum Gasteiger partial charge on any atom is -0.324 e. The Morgan fingerprint density at radius 3 is 2.45 bits per heavy atom. The van der Waals surface area contributed by atoms with Gasteiger partial charge in [0.05, 0.1) is 17.6 Å². The molecule has 0 bridgehead atoms. The highest BCUT2D eigenvalue weighted by Crippen LogP contribution is 2.26. The van der Waals surface area contributed by atoms with E-state index in [9.17, 15) is 4.79 Å². The summed E-state index contributed by atoms with van der Waals surface area (Å²) in [6.45, 7) is 0. The van der Waals surface area contributed by atoms with Gasteiger partial charge in [0.25, 0.3) is 0 Å². The number of hydrogen-bond acceptors (Lipinski definition) is 2. The first-order chi connectivity index (χ1) is 10.6. The van der Waals surface area contributed by atoms with Crippen molar-refractivity contribution in [2.24, 2.45) is 0 Å². The van der Waals surface area contributed by atoms with E-state index in [2.05, 4.69) is 10.3 Å². The summed E-state index contributed by atoms with van der Waals surface area (Å²) in [6.07, 6.45) is 1.81. The number of pyridine rings is 1. The van der Waals surface area contributed by atoms with Gasteiger partial charge in [0.2, 0.25) is 5.91 Å². The number of carbonyl (C=O) groups is 1. The topological polar surface area (TPSA) is 42.0 Å². The molecule has 0 saturated heterocycles. The average Bonchev–Trinajstić information content (AvgIpc) is 2.51. The molecule has 5 heteroatoms. The largest absolute Gasteiger partial charge is 0.324 e. The van der Waals surface area contributed by atoms with E-state index in [4.69, 9.17) is 23.2 Å². The Balaban J connectivity index is 1.85. The summed E-state index contributed by atoms with van der Waals surface area (Å²) in [5.41, 5.74) is 2.05. The molecule has 1 aromatic heterocycles. The van der Waals surface area contributed by atoms with Gasteiger partial charge in [-0.25, -0.2) is 0 Å². The predicted octanol–water partition coefficient (Wildman–Crippen LogP) is 4.72. The average molecular weight is 331 g/mol. The van der Waals surface area contributed by atoms with Crippen LogP contribution in [0.5, 0.6) is 0 Å². The Morgan fingerprint density at radius 2 is 1.68 bits per heavy atom. The van der Waals surface area contributed by atoms with Crippen molar-refractivity contribution in [3.05, 3.63) is 70.3 Å². The molecule has 3 rings (SSSR count). The quantitative estimate of drug-likeness (QED) is 0.754. The van der Waals surface area contributed by atoms with Crippen molar-refractivity contribution in [3.63, 3.8) is 0 Å². The Bertz CT molecular complexity index is 823. The lowest BCUT2D eigenvalue weighted by atomic mass is 10.1. The number of fused-ring (bicyclic) bond motifs is 1. The van der Waals surface area contributed by atoms with Crippen LogP contribution in [0.15, 0.2) is 54.7 Å². The normalized spacial score (nSPS) is 10.6. The van der Waals surface area contributed by atoms with Crippen LogP contribution in [0.3, 0.4) is 0 Å². The maximum atomic E-state index is 12.3. The molecule has 0 unspecified atom stereocenters. The van der Waals surface area contributed by atoms with E-state index in [1.165, 1.54) is 0 Å². The lowest BCUT2D eigenvalue weighted by Gasteiger charge is -2.09. The van der Waals surface area contributed by atoms with Crippen LogP contribution in [0, 0.1) is 0 Å². The fourth-order valence-electron chi connectivity index (χ4n) is 2.26. The monoisotopic (exact) mass is 330 g/mol. The van der Waals surface area contributed by atoms with E-state index in [-0.39, 0.29) is 12.3 Å². The molecular formula is C17H12Cl2N2O. The fraction of sp³-hybridized carbons (Fsp3) is 0.0588. The number of rotatable bonds is 3. The molecule has 3 nitrogen and oxygen atoms in total. The van der Waals surface area contributed by atoms with Crippen molar-refractivity contribution >= 4 is 45.7 Å². The molecule has 0 spiro atoms. The Morgan fingerprint density at radius 1 is 1.00 bits per heavy atom. The van der Waals surface area contributed by atoms with Gasteiger partial charge < -0.3 is 5.32 Å². The number of anilines is 1. The third-order valence-corrected chi connectivity index (χ3v) is 4.01. The van der Waals surface area contributed by atoms with E-state index in [0.717, 1.165) is 10.9 Å². The van der Waals surface area contributed by atoms with Crippen LogP contribution in [-0.4, -0.2) is 10.9 Å². The van der Waals surface area contributed by atoms with Crippen LogP contribution in [0.2, 0.25) is 10.0 Å². The van der Waals surface area contributed by atoms with Gasteiger partial charge >= 0.3 is 0 Å². The van der Waals surface area contributed by atoms with Crippen molar-refractivity contribution in [1.29, 1.82) is 0 Å². The Kier molecular flexibility index (Phi) is 4.27. The summed E-state index contributed by atoms with van der Waals surface area (Å²) in [6, 6.07) is 14.6. The summed E-state index contributed by atoms with van der Waals surface area (Å²) in [7, 11) is 0. The van der Waals surface area contributed by atoms with Crippen LogP contribution in [0.1, 0.15) is 5.56 Å². The number of para-hydroxylation sites is 1. The summed E-state index contributed by atoms with van der Waals surface area (Å²) in [5.74, 6) is -0.187. The zero-order valence-corrected chi connectivity index (χ0v) is 13.0. The second-order valence-corrected chi connectivity index (χ2v) is 5.62. The van der Waals surface area contributed by atoms with Crippen molar-refractivity contribution in [1.82, 2.24) is 4.98 Å². The third kappa shape index (κ3) is 3.06. The molecule has 0 aliphatic rings. The smallest absolute Gasteiger partial charge is 0.228 e. The number of halogens is 2. The molecule has 110 valence electrons. The summed E-state index contributed by atoms with van der Waals surface area (Å²) in [4.78, 5) is 16.6. The van der Waals surface area contributed by atoms with Crippen LogP contribution in [-0.2, 0) is 11.2 Å². The molecule has 0 radical (unpaired) electrons. The van der Waals surface area contributed by atoms with Gasteiger partial charge in [-0.05, 0) is 29.8 Å². The third-order valence-electron chi connectivity index (χ3n) is 3.31. The SMILES string of the molecule is O=C(Cc1c(Cl)cccc1Cl)Nc1cccc2cccnc12. The van der Waals surface area contributed by atoms with E-state index in [0.29, 0.717) is 21.3 Å². The molecular weight excluding hydrogens is 319 g/mol. The zero-order valence-electron chi connectivity index (χ0n) is 11.5. The van der Waals surface area contributed by atoms with Gasteiger partial charge in [-0.2, -0.15) is 0 Å². The van der Waals surface area contributed by atoms with Crippen LogP contribution >= 0.6 is 23.2 Å². The van der Waals surface area contributed by atoms with E-state index in [1.54, 1.807) is 24.4 Å². The van der Waals surface area contributed by atoms with Crippen LogP contribution in [0.25, 0.3) is 10.9 Å². The first-order valence-electron chi connectivity index (χ1n) is 6.71. The number of aromatic nitrogens is 1. The number of amides is 1. The molecule has 0 saturated carbocycles. The van der Waals surface area contributed by atoms with Gasteiger partial charge in [0.1, 0.15) is 0 Å². The van der Waals surface area contributed by atoms with Gasteiger partial charge in [-0.1, -0.05) is 47.5 Å². The van der Waals surface area contributed by atoms with E-state index in [1.807, 2.05) is 30.3 Å². The van der Waals surface area contributed by atoms with Crippen LogP contribution in [0.4, 0.5) is 5.69 Å². The number of benzene rings is 2. The molecule has 1 N–H and O–H groups in total. The number of hydrogen-bond donors (Lipinski definition) is 1. The Hall–Kier alpha value is -2.10. The summed E-state index contributed by atoms with van der Waals surface area (Å²) >= 11 is 12.2. The van der Waals surface area contributed by atoms with Crippen LogP contribution < -0.4 is 5.32 Å². The van der Waals surface area contributed by atoms with Gasteiger partial charge in [0, 0.05) is 21.6 Å². The molecule has 1 amide bonds. The van der Waals surface area contributed by atoms with Crippen molar-refractivity contribution < 1.29 is 4.79 Å². The first kappa shape index (κ1) is 14.8. The minimum absolute atomic E-state index is 0.113. The van der Waals surface area contributed by atoms with E-state index >= 15 is 0 Å². The van der Waals surface area contributed by atoms with Gasteiger partial charge in [-0.15, -0.1) is 0 Å². The second kappa shape index (κ2) is 6.34.